The second-order valence-electron chi connectivity index (χ2n) is 7.99. The van der Waals surface area contributed by atoms with E-state index >= 15 is 0 Å². The predicted molar refractivity (Wildman–Crippen MR) is 103 cm³/mol. The first kappa shape index (κ1) is 19.4. The van der Waals surface area contributed by atoms with Crippen LogP contribution in [-0.4, -0.2) is 43.0 Å². The summed E-state index contributed by atoms with van der Waals surface area (Å²) in [5, 5.41) is 9.95. The third-order valence-electron chi connectivity index (χ3n) is 5.77. The van der Waals surface area contributed by atoms with Gasteiger partial charge in [0.1, 0.15) is 22.8 Å². The van der Waals surface area contributed by atoms with Crippen LogP contribution in [0, 0.1) is 23.7 Å². The molecule has 2 aliphatic heterocycles. The maximum Gasteiger partial charge on any atom is 0.288 e. The summed E-state index contributed by atoms with van der Waals surface area (Å²) in [4.78, 5) is 8.93. The number of sulfone groups is 1. The van der Waals surface area contributed by atoms with Crippen LogP contribution in [0.3, 0.4) is 0 Å². The molecular formula is C18H19ClF2N4O2S. The SMILES string of the molecule is Cc1[nH]c2c(N3CCC4(CCS(=O)(=O)C4)C3)c(C#N)c(C(C)(F)F)nc2c1Cl. The topological polar surface area (TPSA) is 89.9 Å². The lowest BCUT2D eigenvalue weighted by molar-refractivity contribution is 0.0128. The lowest BCUT2D eigenvalue weighted by Gasteiger charge is -2.26. The van der Waals surface area contributed by atoms with E-state index in [4.69, 9.17) is 11.6 Å². The Morgan fingerprint density at radius 1 is 1.39 bits per heavy atom. The van der Waals surface area contributed by atoms with Crippen LogP contribution in [0.2, 0.25) is 5.02 Å². The number of nitriles is 1. The van der Waals surface area contributed by atoms with Gasteiger partial charge in [-0.25, -0.2) is 13.4 Å². The molecule has 4 rings (SSSR count). The number of hydrogen-bond acceptors (Lipinski definition) is 5. The van der Waals surface area contributed by atoms with E-state index in [9.17, 15) is 22.5 Å². The minimum atomic E-state index is -3.32. The van der Waals surface area contributed by atoms with Gasteiger partial charge in [-0.05, 0) is 19.8 Å². The van der Waals surface area contributed by atoms with Gasteiger partial charge in [-0.2, -0.15) is 14.0 Å². The Bertz CT molecular complexity index is 1130. The van der Waals surface area contributed by atoms with E-state index in [-0.39, 0.29) is 27.6 Å². The lowest BCUT2D eigenvalue weighted by Crippen LogP contribution is -2.29. The summed E-state index contributed by atoms with van der Waals surface area (Å²) in [5.74, 6) is -3.09. The molecule has 1 spiro atoms. The van der Waals surface area contributed by atoms with Crippen molar-refractivity contribution in [1.82, 2.24) is 9.97 Å². The van der Waals surface area contributed by atoms with Crippen molar-refractivity contribution in [2.45, 2.75) is 32.6 Å². The summed E-state index contributed by atoms with van der Waals surface area (Å²) >= 11 is 6.28. The summed E-state index contributed by atoms with van der Waals surface area (Å²) in [5.41, 5.74) is 0.328. The van der Waals surface area contributed by atoms with Crippen molar-refractivity contribution in [1.29, 1.82) is 5.26 Å². The van der Waals surface area contributed by atoms with Crippen molar-refractivity contribution in [3.05, 3.63) is 22.0 Å². The number of aromatic nitrogens is 2. The number of rotatable bonds is 2. The monoisotopic (exact) mass is 428 g/mol. The van der Waals surface area contributed by atoms with E-state index in [1.54, 1.807) is 6.92 Å². The molecule has 6 nitrogen and oxygen atoms in total. The van der Waals surface area contributed by atoms with Crippen LogP contribution in [0.4, 0.5) is 14.5 Å². The summed E-state index contributed by atoms with van der Waals surface area (Å²) in [7, 11) is -3.09. The smallest absolute Gasteiger partial charge is 0.288 e. The molecule has 10 heteroatoms. The van der Waals surface area contributed by atoms with Crippen molar-refractivity contribution in [2.75, 3.05) is 29.5 Å². The highest BCUT2D eigenvalue weighted by atomic mass is 35.5. The number of pyridine rings is 1. The molecule has 0 aromatic carbocycles. The normalized spacial score (nSPS) is 24.4. The molecule has 4 heterocycles. The van der Waals surface area contributed by atoms with E-state index in [1.165, 1.54) is 0 Å². The summed E-state index contributed by atoms with van der Waals surface area (Å²) in [6.45, 7) is 3.28. The first-order valence-corrected chi connectivity index (χ1v) is 11.1. The van der Waals surface area contributed by atoms with Gasteiger partial charge in [0.2, 0.25) is 0 Å². The van der Waals surface area contributed by atoms with Gasteiger partial charge in [-0.1, -0.05) is 11.6 Å². The Morgan fingerprint density at radius 2 is 2.11 bits per heavy atom. The Labute approximate surface area is 166 Å². The number of nitrogens with one attached hydrogen (secondary N) is 1. The quantitative estimate of drug-likeness (QED) is 0.790. The predicted octanol–water partition coefficient (Wildman–Crippen LogP) is 3.52. The van der Waals surface area contributed by atoms with Crippen LogP contribution in [0.15, 0.2) is 0 Å². The fourth-order valence-electron chi connectivity index (χ4n) is 4.44. The van der Waals surface area contributed by atoms with Gasteiger partial charge in [-0.15, -0.1) is 0 Å². The number of halogens is 3. The maximum absolute atomic E-state index is 14.3. The van der Waals surface area contributed by atoms with Crippen molar-refractivity contribution in [2.24, 2.45) is 5.41 Å². The van der Waals surface area contributed by atoms with Crippen LogP contribution in [-0.2, 0) is 15.8 Å². The third kappa shape index (κ3) is 2.94. The van der Waals surface area contributed by atoms with Crippen LogP contribution in [0.1, 0.15) is 36.7 Å². The number of hydrogen-bond donors (Lipinski definition) is 1. The van der Waals surface area contributed by atoms with Crippen LogP contribution >= 0.6 is 11.6 Å². The van der Waals surface area contributed by atoms with Crippen molar-refractivity contribution < 1.29 is 17.2 Å². The molecule has 2 fully saturated rings. The van der Waals surface area contributed by atoms with Gasteiger partial charge in [0.25, 0.3) is 5.92 Å². The average Bonchev–Trinajstić information content (AvgIpc) is 3.22. The first-order valence-electron chi connectivity index (χ1n) is 8.92. The molecule has 1 atom stereocenters. The highest BCUT2D eigenvalue weighted by Gasteiger charge is 2.48. The molecule has 1 N–H and O–H groups in total. The van der Waals surface area contributed by atoms with Gasteiger partial charge in [0.15, 0.2) is 9.84 Å². The number of fused-ring (bicyclic) bond motifs is 1. The molecule has 0 saturated carbocycles. The number of aryl methyl sites for hydroxylation is 1. The second-order valence-corrected chi connectivity index (χ2v) is 10.5. The Kier molecular flexibility index (Phi) is 4.18. The number of nitrogens with zero attached hydrogens (tertiary/aromatic N) is 3. The standard InChI is InChI=1S/C18H19ClF2N4O2S/c1-10-12(19)13-14(23-10)15(11(7-22)16(24-13)17(2,20)21)25-5-3-18(8-25)4-6-28(26,27)9-18/h23H,3-6,8-9H2,1-2H3. The minimum absolute atomic E-state index is 0.0912. The van der Waals surface area contributed by atoms with Crippen molar-refractivity contribution in [3.8, 4) is 6.07 Å². The molecule has 1 unspecified atom stereocenters. The van der Waals surface area contributed by atoms with Gasteiger partial charge < -0.3 is 9.88 Å². The van der Waals surface area contributed by atoms with Gasteiger partial charge in [0, 0.05) is 31.1 Å². The Balaban J connectivity index is 1.91. The zero-order chi connectivity index (χ0) is 20.5. The van der Waals surface area contributed by atoms with E-state index in [0.717, 1.165) is 0 Å². The molecule has 150 valence electrons. The maximum atomic E-state index is 14.3. The molecule has 28 heavy (non-hydrogen) atoms. The van der Waals surface area contributed by atoms with Gasteiger partial charge in [-0.3, -0.25) is 0 Å². The molecule has 0 radical (unpaired) electrons. The number of alkyl halides is 2. The van der Waals surface area contributed by atoms with E-state index in [2.05, 4.69) is 9.97 Å². The van der Waals surface area contributed by atoms with Crippen molar-refractivity contribution >= 4 is 38.2 Å². The summed E-state index contributed by atoms with van der Waals surface area (Å²) < 4.78 is 52.5. The molecule has 0 aliphatic carbocycles. The van der Waals surface area contributed by atoms with Crippen LogP contribution < -0.4 is 4.90 Å². The number of aromatic amines is 1. The lowest BCUT2D eigenvalue weighted by atomic mass is 9.87. The number of H-pyrrole nitrogens is 1. The highest BCUT2D eigenvalue weighted by molar-refractivity contribution is 7.91. The zero-order valence-corrected chi connectivity index (χ0v) is 17.0. The first-order chi connectivity index (χ1) is 13.0. The Morgan fingerprint density at radius 3 is 2.68 bits per heavy atom. The van der Waals surface area contributed by atoms with Gasteiger partial charge >= 0.3 is 0 Å². The molecule has 0 bridgehead atoms. The summed E-state index contributed by atoms with van der Waals surface area (Å²) in [6, 6.07) is 1.90. The highest BCUT2D eigenvalue weighted by Crippen LogP contribution is 2.46. The van der Waals surface area contributed by atoms with E-state index < -0.39 is 26.9 Å². The van der Waals surface area contributed by atoms with E-state index in [1.807, 2.05) is 11.0 Å². The number of anilines is 1. The van der Waals surface area contributed by atoms with Gasteiger partial charge in [0.05, 0.1) is 27.7 Å². The molecule has 2 aliphatic rings. The summed E-state index contributed by atoms with van der Waals surface area (Å²) in [6.07, 6.45) is 1.18. The fraction of sp³-hybridized carbons (Fsp3) is 0.556. The molecule has 2 aromatic heterocycles. The largest absolute Gasteiger partial charge is 0.368 e. The second kappa shape index (κ2) is 6.04. The fourth-order valence-corrected chi connectivity index (χ4v) is 6.83. The third-order valence-corrected chi connectivity index (χ3v) is 8.11. The molecular weight excluding hydrogens is 410 g/mol. The Hall–Kier alpha value is -1.92. The van der Waals surface area contributed by atoms with Crippen LogP contribution in [0.25, 0.3) is 11.0 Å². The molecule has 2 aromatic rings. The minimum Gasteiger partial charge on any atom is -0.368 e. The molecule has 2 saturated heterocycles. The van der Waals surface area contributed by atoms with Crippen molar-refractivity contribution in [3.63, 3.8) is 0 Å². The molecule has 0 amide bonds. The van der Waals surface area contributed by atoms with E-state index in [0.29, 0.717) is 49.8 Å². The van der Waals surface area contributed by atoms with Crippen LogP contribution in [0.5, 0.6) is 0 Å². The zero-order valence-electron chi connectivity index (χ0n) is 15.4. The average molecular weight is 429 g/mol.